The Labute approximate surface area is 173 Å². The fourth-order valence-corrected chi connectivity index (χ4v) is 4.26. The zero-order chi connectivity index (χ0) is 20.7. The largest absolute Gasteiger partial charge is 0.368 e. The van der Waals surface area contributed by atoms with Gasteiger partial charge in [-0.15, -0.1) is 0 Å². The van der Waals surface area contributed by atoms with Crippen molar-refractivity contribution in [1.29, 1.82) is 0 Å². The van der Waals surface area contributed by atoms with E-state index in [2.05, 4.69) is 22.1 Å². The van der Waals surface area contributed by atoms with E-state index in [4.69, 9.17) is 0 Å². The van der Waals surface area contributed by atoms with Crippen molar-refractivity contribution in [2.45, 2.75) is 13.5 Å². The van der Waals surface area contributed by atoms with Crippen LogP contribution in [0.3, 0.4) is 0 Å². The Bertz CT molecular complexity index is 1280. The molecule has 0 atom stereocenters. The van der Waals surface area contributed by atoms with Crippen molar-refractivity contribution in [2.24, 2.45) is 0 Å². The molecule has 1 saturated heterocycles. The van der Waals surface area contributed by atoms with E-state index in [1.54, 1.807) is 21.3 Å². The molecule has 0 spiro atoms. The summed E-state index contributed by atoms with van der Waals surface area (Å²) in [7, 11) is 0. The first-order valence-corrected chi connectivity index (χ1v) is 10.3. The second-order valence-corrected chi connectivity index (χ2v) is 7.50. The van der Waals surface area contributed by atoms with E-state index in [0.29, 0.717) is 30.7 Å². The number of benzene rings is 2. The van der Waals surface area contributed by atoms with E-state index < -0.39 is 0 Å². The van der Waals surface area contributed by atoms with E-state index in [1.165, 1.54) is 5.69 Å². The minimum Gasteiger partial charge on any atom is -0.368 e. The number of fused-ring (bicyclic) bond motifs is 3. The first-order chi connectivity index (χ1) is 14.7. The number of carbonyl (C=O) groups is 1. The minimum atomic E-state index is -0.0939. The fraction of sp³-hybridized carbons (Fsp3) is 0.261. The first-order valence-electron chi connectivity index (χ1n) is 10.3. The average molecular weight is 401 g/mol. The molecule has 152 valence electrons. The molecule has 0 unspecified atom stereocenters. The van der Waals surface area contributed by atoms with Crippen molar-refractivity contribution in [3.05, 3.63) is 76.7 Å². The number of hydrogen-bond acceptors (Lipinski definition) is 4. The lowest BCUT2D eigenvalue weighted by molar-refractivity contribution is 0.0747. The lowest BCUT2D eigenvalue weighted by Crippen LogP contribution is -2.48. The van der Waals surface area contributed by atoms with Gasteiger partial charge < -0.3 is 14.4 Å². The molecule has 7 heteroatoms. The van der Waals surface area contributed by atoms with Gasteiger partial charge in [-0.3, -0.25) is 9.59 Å². The number of amides is 1. The second-order valence-electron chi connectivity index (χ2n) is 7.50. The highest BCUT2D eigenvalue weighted by atomic mass is 16.2. The number of hydrogen-bond donors (Lipinski definition) is 0. The monoisotopic (exact) mass is 401 g/mol. The van der Waals surface area contributed by atoms with Gasteiger partial charge in [-0.2, -0.15) is 5.10 Å². The molecule has 0 bridgehead atoms. The summed E-state index contributed by atoms with van der Waals surface area (Å²) in [5, 5.41) is 4.29. The summed E-state index contributed by atoms with van der Waals surface area (Å²) in [5.41, 5.74) is 3.78. The SMILES string of the molecule is CCn1c(=O)c2ccnn2c2ccc(C(=O)N3CCN(c4ccccc4)CC3)cc21. The molecule has 1 aliphatic rings. The van der Waals surface area contributed by atoms with Crippen molar-refractivity contribution in [2.75, 3.05) is 31.1 Å². The highest BCUT2D eigenvalue weighted by Crippen LogP contribution is 2.20. The zero-order valence-corrected chi connectivity index (χ0v) is 16.9. The molecule has 0 aliphatic carbocycles. The number of nitrogens with zero attached hydrogens (tertiary/aromatic N) is 5. The summed E-state index contributed by atoms with van der Waals surface area (Å²) in [4.78, 5) is 30.2. The summed E-state index contributed by atoms with van der Waals surface area (Å²) in [5.74, 6) is 0.000256. The van der Waals surface area contributed by atoms with Gasteiger partial charge in [0.05, 0.1) is 17.2 Å². The molecule has 5 rings (SSSR count). The van der Waals surface area contributed by atoms with E-state index in [-0.39, 0.29) is 11.5 Å². The van der Waals surface area contributed by atoms with Crippen LogP contribution in [0.1, 0.15) is 17.3 Å². The van der Waals surface area contributed by atoms with E-state index >= 15 is 0 Å². The normalized spacial score (nSPS) is 14.6. The summed E-state index contributed by atoms with van der Waals surface area (Å²) in [6.07, 6.45) is 1.63. The van der Waals surface area contributed by atoms with Gasteiger partial charge in [0, 0.05) is 44.0 Å². The number of aromatic nitrogens is 3. The smallest absolute Gasteiger partial charge is 0.277 e. The topological polar surface area (TPSA) is 62.9 Å². The lowest BCUT2D eigenvalue weighted by Gasteiger charge is -2.36. The highest BCUT2D eigenvalue weighted by Gasteiger charge is 2.23. The third-order valence-electron chi connectivity index (χ3n) is 5.85. The van der Waals surface area contributed by atoms with Crippen molar-refractivity contribution >= 4 is 28.1 Å². The molecule has 0 N–H and O–H groups in total. The Balaban J connectivity index is 1.44. The minimum absolute atomic E-state index is 0.000256. The third kappa shape index (κ3) is 2.94. The Morgan fingerprint density at radius 1 is 0.933 bits per heavy atom. The second kappa shape index (κ2) is 7.33. The number of rotatable bonds is 3. The third-order valence-corrected chi connectivity index (χ3v) is 5.85. The Morgan fingerprint density at radius 3 is 2.43 bits per heavy atom. The van der Waals surface area contributed by atoms with Gasteiger partial charge in [0.1, 0.15) is 5.52 Å². The molecular weight excluding hydrogens is 378 g/mol. The van der Waals surface area contributed by atoms with E-state index in [9.17, 15) is 9.59 Å². The molecule has 1 aliphatic heterocycles. The molecule has 7 nitrogen and oxygen atoms in total. The van der Waals surface area contributed by atoms with Crippen molar-refractivity contribution in [3.8, 4) is 0 Å². The molecule has 0 radical (unpaired) electrons. The molecular formula is C23H23N5O2. The molecule has 1 fully saturated rings. The number of aryl methyl sites for hydroxylation is 1. The first kappa shape index (κ1) is 18.4. The van der Waals surface area contributed by atoms with Gasteiger partial charge >= 0.3 is 0 Å². The van der Waals surface area contributed by atoms with Gasteiger partial charge in [-0.05, 0) is 43.3 Å². The number of para-hydroxylation sites is 1. The summed E-state index contributed by atoms with van der Waals surface area (Å²) in [6, 6.07) is 17.5. The van der Waals surface area contributed by atoms with Crippen molar-refractivity contribution in [3.63, 3.8) is 0 Å². The van der Waals surface area contributed by atoms with Gasteiger partial charge in [-0.1, -0.05) is 18.2 Å². The average Bonchev–Trinajstić information content (AvgIpc) is 3.30. The molecule has 1 amide bonds. The Hall–Kier alpha value is -3.61. The van der Waals surface area contributed by atoms with Crippen LogP contribution in [0.5, 0.6) is 0 Å². The van der Waals surface area contributed by atoms with E-state index in [0.717, 1.165) is 24.1 Å². The van der Waals surface area contributed by atoms with Crippen LogP contribution in [0, 0.1) is 0 Å². The molecule has 30 heavy (non-hydrogen) atoms. The maximum Gasteiger partial charge on any atom is 0.277 e. The van der Waals surface area contributed by atoms with Gasteiger partial charge in [-0.25, -0.2) is 4.52 Å². The molecule has 3 heterocycles. The van der Waals surface area contributed by atoms with Gasteiger partial charge in [0.25, 0.3) is 11.5 Å². The van der Waals surface area contributed by atoms with Crippen LogP contribution in [0.25, 0.3) is 16.6 Å². The molecule has 2 aromatic carbocycles. The lowest BCUT2D eigenvalue weighted by atomic mass is 10.1. The number of piperazine rings is 1. The van der Waals surface area contributed by atoms with Gasteiger partial charge in [0.2, 0.25) is 0 Å². The Kier molecular flexibility index (Phi) is 4.50. The van der Waals surface area contributed by atoms with Crippen LogP contribution in [-0.4, -0.2) is 51.2 Å². The number of anilines is 1. The maximum absolute atomic E-state index is 13.2. The fourth-order valence-electron chi connectivity index (χ4n) is 4.26. The quantitative estimate of drug-likeness (QED) is 0.530. The van der Waals surface area contributed by atoms with Crippen molar-refractivity contribution < 1.29 is 4.79 Å². The van der Waals surface area contributed by atoms with E-state index in [1.807, 2.05) is 48.2 Å². The van der Waals surface area contributed by atoms with Crippen LogP contribution < -0.4 is 10.5 Å². The molecule has 0 saturated carbocycles. The molecule has 4 aromatic rings. The van der Waals surface area contributed by atoms with Crippen LogP contribution in [0.15, 0.2) is 65.6 Å². The number of carbonyl (C=O) groups excluding carboxylic acids is 1. The van der Waals surface area contributed by atoms with Crippen LogP contribution >= 0.6 is 0 Å². The predicted octanol–water partition coefficient (Wildman–Crippen LogP) is 2.63. The Morgan fingerprint density at radius 2 is 1.70 bits per heavy atom. The predicted molar refractivity (Wildman–Crippen MR) is 117 cm³/mol. The standard InChI is InChI=1S/C23H23N5O2/c1-2-27-21-16-17(8-9-19(21)28-20(23(27)30)10-11-24-28)22(29)26-14-12-25(13-15-26)18-6-4-3-5-7-18/h3-11,16H,2,12-15H2,1H3. The van der Waals surface area contributed by atoms with Gasteiger partial charge in [0.15, 0.2) is 0 Å². The maximum atomic E-state index is 13.2. The summed E-state index contributed by atoms with van der Waals surface area (Å²) in [6.45, 7) is 5.41. The van der Waals surface area contributed by atoms with Crippen LogP contribution in [0.2, 0.25) is 0 Å². The summed E-state index contributed by atoms with van der Waals surface area (Å²) < 4.78 is 3.35. The van der Waals surface area contributed by atoms with Crippen LogP contribution in [0.4, 0.5) is 5.69 Å². The highest BCUT2D eigenvalue weighted by molar-refractivity contribution is 5.97. The van der Waals surface area contributed by atoms with Crippen LogP contribution in [-0.2, 0) is 6.54 Å². The summed E-state index contributed by atoms with van der Waals surface area (Å²) >= 11 is 0. The van der Waals surface area contributed by atoms with Crippen molar-refractivity contribution in [1.82, 2.24) is 19.1 Å². The zero-order valence-electron chi connectivity index (χ0n) is 16.9. The molecule has 2 aromatic heterocycles.